The number of benzene rings is 2. The van der Waals surface area contributed by atoms with Crippen molar-refractivity contribution >= 4 is 17.8 Å². The van der Waals surface area contributed by atoms with Gasteiger partial charge in [0.1, 0.15) is 12.4 Å². The number of carboxylic acid groups (broad SMARTS) is 1. The molecule has 2 aromatic rings. The van der Waals surface area contributed by atoms with Gasteiger partial charge in [0.25, 0.3) is 5.91 Å². The summed E-state index contributed by atoms with van der Waals surface area (Å²) in [6, 6.07) is 8.13. The van der Waals surface area contributed by atoms with Crippen molar-refractivity contribution in [2.45, 2.75) is 70.8 Å². The summed E-state index contributed by atoms with van der Waals surface area (Å²) in [5.41, 5.74) is 6.91. The molecule has 2 amide bonds. The van der Waals surface area contributed by atoms with Gasteiger partial charge in [0.2, 0.25) is 5.91 Å². The molecule has 1 aliphatic carbocycles. The zero-order valence-electron chi connectivity index (χ0n) is 25.9. The zero-order valence-corrected chi connectivity index (χ0v) is 25.9. The van der Waals surface area contributed by atoms with Crippen molar-refractivity contribution in [1.82, 2.24) is 14.8 Å². The Morgan fingerprint density at radius 1 is 1.13 bits per heavy atom. The number of fused-ring (bicyclic) bond motifs is 2. The molecule has 2 heterocycles. The highest BCUT2D eigenvalue weighted by atomic mass is 19.4. The Hall–Kier alpha value is -4.26. The van der Waals surface area contributed by atoms with Crippen LogP contribution in [0.1, 0.15) is 78.2 Å². The number of aliphatic carboxylic acids is 1. The van der Waals surface area contributed by atoms with E-state index in [-0.39, 0.29) is 67.2 Å². The van der Waals surface area contributed by atoms with Crippen LogP contribution < -0.4 is 16.3 Å². The van der Waals surface area contributed by atoms with Crippen LogP contribution in [0.15, 0.2) is 48.3 Å². The number of alkyl halides is 3. The highest BCUT2D eigenvalue weighted by Crippen LogP contribution is 2.46. The molecule has 0 spiro atoms. The highest BCUT2D eigenvalue weighted by molar-refractivity contribution is 5.98. The van der Waals surface area contributed by atoms with Gasteiger partial charge < -0.3 is 30.4 Å². The minimum Gasteiger partial charge on any atom is -0.487 e. The molecular weight excluding hydrogens is 603 g/mol. The first-order chi connectivity index (χ1) is 21.8. The van der Waals surface area contributed by atoms with Gasteiger partial charge in [0.15, 0.2) is 0 Å². The lowest BCUT2D eigenvalue weighted by Crippen LogP contribution is -2.50. The third kappa shape index (κ3) is 6.64. The second-order valence-corrected chi connectivity index (χ2v) is 12.5. The summed E-state index contributed by atoms with van der Waals surface area (Å²) in [6.07, 6.45) is -1.30. The number of hydrazine groups is 1. The first-order valence-electron chi connectivity index (χ1n) is 15.5. The van der Waals surface area contributed by atoms with Crippen molar-refractivity contribution in [3.8, 4) is 5.75 Å². The standard InChI is InChI=1S/C33H40F3N5O5/c1-19(2)41(38)16-21(37)18-46-28-12-11-26(33(34,35)36)25-13-14-40(31(43)23-9-5-6-10-24(23)32(44)45)27(29(25)28)17-39-15-20-7-3-4-8-22(20)30(39)42/h3-4,7-8,11-12,16,19,23-24,27H,5-6,9-10,13-15,17-18,37-38H2,1-2H3,(H,44,45)/b21-16-/t23-,24+,27-/m1/s1. The van der Waals surface area contributed by atoms with Gasteiger partial charge in [-0.05, 0) is 62.4 Å². The Morgan fingerprint density at radius 3 is 2.48 bits per heavy atom. The maximum absolute atomic E-state index is 14.4. The number of nitrogens with two attached hydrogens (primary N) is 2. The number of hydrogen-bond acceptors (Lipinski definition) is 7. The van der Waals surface area contributed by atoms with Crippen LogP contribution in [0.4, 0.5) is 13.2 Å². The van der Waals surface area contributed by atoms with E-state index in [1.807, 2.05) is 19.9 Å². The third-order valence-corrected chi connectivity index (χ3v) is 9.21. The van der Waals surface area contributed by atoms with Gasteiger partial charge in [-0.15, -0.1) is 0 Å². The summed E-state index contributed by atoms with van der Waals surface area (Å²) < 4.78 is 49.3. The first kappa shape index (κ1) is 33.1. The van der Waals surface area contributed by atoms with Gasteiger partial charge in [0.05, 0.1) is 29.1 Å². The van der Waals surface area contributed by atoms with Crippen LogP contribution >= 0.6 is 0 Å². The summed E-state index contributed by atoms with van der Waals surface area (Å²) in [7, 11) is 0. The number of rotatable bonds is 9. The molecule has 10 nitrogen and oxygen atoms in total. The minimum atomic E-state index is -4.69. The lowest BCUT2D eigenvalue weighted by atomic mass is 9.77. The van der Waals surface area contributed by atoms with Crippen LogP contribution in [0.25, 0.3) is 0 Å². The molecular formula is C33H40F3N5O5. The van der Waals surface area contributed by atoms with Crippen molar-refractivity contribution in [3.63, 3.8) is 0 Å². The van der Waals surface area contributed by atoms with Crippen molar-refractivity contribution in [2.24, 2.45) is 23.4 Å². The smallest absolute Gasteiger partial charge is 0.416 e. The fourth-order valence-electron chi connectivity index (χ4n) is 6.81. The lowest BCUT2D eigenvalue weighted by molar-refractivity contribution is -0.154. The first-order valence-corrected chi connectivity index (χ1v) is 15.5. The molecule has 5 N–H and O–H groups in total. The monoisotopic (exact) mass is 643 g/mol. The Morgan fingerprint density at radius 2 is 1.83 bits per heavy atom. The second kappa shape index (κ2) is 13.2. The van der Waals surface area contributed by atoms with E-state index in [2.05, 4.69) is 0 Å². The molecule has 46 heavy (non-hydrogen) atoms. The van der Waals surface area contributed by atoms with Gasteiger partial charge in [0, 0.05) is 43.0 Å². The van der Waals surface area contributed by atoms with E-state index >= 15 is 0 Å². The van der Waals surface area contributed by atoms with E-state index in [1.54, 1.807) is 18.2 Å². The summed E-state index contributed by atoms with van der Waals surface area (Å²) in [4.78, 5) is 42.9. The molecule has 3 atom stereocenters. The molecule has 248 valence electrons. The van der Waals surface area contributed by atoms with Crippen LogP contribution in [0.5, 0.6) is 5.75 Å². The Labute approximate surface area is 265 Å². The highest BCUT2D eigenvalue weighted by Gasteiger charge is 2.46. The minimum absolute atomic E-state index is 0.0215. The maximum Gasteiger partial charge on any atom is 0.416 e. The fourth-order valence-corrected chi connectivity index (χ4v) is 6.81. The normalized spacial score (nSPS) is 21.7. The molecule has 0 unspecified atom stereocenters. The number of amides is 2. The Bertz CT molecular complexity index is 1530. The van der Waals surface area contributed by atoms with E-state index in [4.69, 9.17) is 16.3 Å². The van der Waals surface area contributed by atoms with Gasteiger partial charge in [-0.2, -0.15) is 13.2 Å². The van der Waals surface area contributed by atoms with E-state index in [0.717, 1.165) is 11.6 Å². The van der Waals surface area contributed by atoms with Gasteiger partial charge >= 0.3 is 12.1 Å². The van der Waals surface area contributed by atoms with Crippen LogP contribution in [0, 0.1) is 11.8 Å². The Kier molecular flexibility index (Phi) is 9.52. The van der Waals surface area contributed by atoms with Crippen molar-refractivity contribution in [3.05, 3.63) is 76.1 Å². The largest absolute Gasteiger partial charge is 0.487 e. The predicted molar refractivity (Wildman–Crippen MR) is 163 cm³/mol. The van der Waals surface area contributed by atoms with Gasteiger partial charge in [-0.3, -0.25) is 14.4 Å². The zero-order chi connectivity index (χ0) is 33.3. The van der Waals surface area contributed by atoms with Crippen LogP contribution in [0.2, 0.25) is 0 Å². The SMILES string of the molecule is CC(C)N(N)/C=C(\N)COc1ccc(C(F)(F)F)c2c1[C@@H](CN1Cc3ccccc3C1=O)N(C(=O)[C@@H]1CCCC[C@@H]1C(=O)O)CC2. The fraction of sp³-hybridized carbons (Fsp3) is 0.485. The number of carbonyl (C=O) groups is 3. The van der Waals surface area contributed by atoms with Crippen LogP contribution in [-0.4, -0.2) is 63.4 Å². The summed E-state index contributed by atoms with van der Waals surface area (Å²) in [6.45, 7) is 3.55. The molecule has 13 heteroatoms. The van der Waals surface area contributed by atoms with Crippen LogP contribution in [0.3, 0.4) is 0 Å². The van der Waals surface area contributed by atoms with Gasteiger partial charge in [-0.1, -0.05) is 31.0 Å². The summed E-state index contributed by atoms with van der Waals surface area (Å²) >= 11 is 0. The van der Waals surface area contributed by atoms with E-state index in [9.17, 15) is 32.7 Å². The molecule has 1 saturated carbocycles. The van der Waals surface area contributed by atoms with E-state index < -0.39 is 41.5 Å². The third-order valence-electron chi connectivity index (χ3n) is 9.21. The number of ether oxygens (including phenoxy) is 1. The molecule has 1 fully saturated rings. The molecule has 0 aromatic heterocycles. The second-order valence-electron chi connectivity index (χ2n) is 12.5. The van der Waals surface area contributed by atoms with Crippen LogP contribution in [-0.2, 0) is 28.7 Å². The number of carboxylic acids is 1. The molecule has 3 aliphatic rings. The van der Waals surface area contributed by atoms with Crippen molar-refractivity contribution in [1.29, 1.82) is 0 Å². The number of halogens is 3. The molecule has 0 bridgehead atoms. The molecule has 5 rings (SSSR count). The average Bonchev–Trinajstić information content (AvgIpc) is 3.33. The predicted octanol–water partition coefficient (Wildman–Crippen LogP) is 4.44. The molecule has 2 aliphatic heterocycles. The van der Waals surface area contributed by atoms with E-state index in [1.165, 1.54) is 27.1 Å². The number of hydrogen-bond donors (Lipinski definition) is 3. The average molecular weight is 644 g/mol. The topological polar surface area (TPSA) is 142 Å². The molecule has 2 aromatic carbocycles. The number of nitrogens with zero attached hydrogens (tertiary/aromatic N) is 3. The maximum atomic E-state index is 14.4. The summed E-state index contributed by atoms with van der Waals surface area (Å²) in [5, 5.41) is 11.3. The molecule has 0 radical (unpaired) electrons. The lowest BCUT2D eigenvalue weighted by Gasteiger charge is -2.43. The van der Waals surface area contributed by atoms with E-state index in [0.29, 0.717) is 31.2 Å². The Balaban J connectivity index is 1.59. The number of carbonyl (C=O) groups excluding carboxylic acids is 2. The van der Waals surface area contributed by atoms with Crippen molar-refractivity contribution in [2.75, 3.05) is 19.7 Å². The quantitative estimate of drug-likeness (QED) is 0.269. The van der Waals surface area contributed by atoms with Crippen molar-refractivity contribution < 1.29 is 37.4 Å². The summed E-state index contributed by atoms with van der Waals surface area (Å²) in [5.74, 6) is 2.51. The molecule has 0 saturated heterocycles. The van der Waals surface area contributed by atoms with Gasteiger partial charge in [-0.25, -0.2) is 5.84 Å².